The van der Waals surface area contributed by atoms with E-state index in [0.29, 0.717) is 11.2 Å². The van der Waals surface area contributed by atoms with Crippen molar-refractivity contribution in [3.63, 3.8) is 0 Å². The van der Waals surface area contributed by atoms with Crippen molar-refractivity contribution in [2.75, 3.05) is 10.6 Å². The van der Waals surface area contributed by atoms with Crippen LogP contribution in [0.3, 0.4) is 0 Å². The maximum Gasteiger partial charge on any atom is 0.416 e. The van der Waals surface area contributed by atoms with Gasteiger partial charge in [-0.3, -0.25) is 4.79 Å². The molecule has 2 heterocycles. The lowest BCUT2D eigenvalue weighted by atomic mass is 10.1. The van der Waals surface area contributed by atoms with Gasteiger partial charge in [0.1, 0.15) is 17.0 Å². The topological polar surface area (TPSA) is 82.7 Å². The van der Waals surface area contributed by atoms with Crippen LogP contribution in [-0.4, -0.2) is 15.0 Å². The number of fused-ring (bicyclic) bond motifs is 1. The lowest BCUT2D eigenvalue weighted by Gasteiger charge is -2.16. The molecule has 0 fully saturated rings. The quantitative estimate of drug-likeness (QED) is 0.360. The number of benzene rings is 2. The minimum Gasteiger partial charge on any atom is -0.348 e. The van der Waals surface area contributed by atoms with Crippen LogP contribution < -0.4 is 16.2 Å². The number of aromatic nitrogens is 3. The van der Waals surface area contributed by atoms with E-state index in [4.69, 9.17) is 0 Å². The second-order valence-corrected chi connectivity index (χ2v) is 7.08. The molecule has 0 saturated carbocycles. The Bertz CT molecular complexity index is 1300. The molecule has 4 aromatic rings. The predicted octanol–water partition coefficient (Wildman–Crippen LogP) is 5.39. The highest BCUT2D eigenvalue weighted by Crippen LogP contribution is 2.31. The highest BCUT2D eigenvalue weighted by Gasteiger charge is 2.30. The number of pyridine rings is 1. The third-order valence-electron chi connectivity index (χ3n) is 4.81. The van der Waals surface area contributed by atoms with Crippen LogP contribution in [0.5, 0.6) is 0 Å². The fourth-order valence-electron chi connectivity index (χ4n) is 3.15. The molecule has 2 aromatic heterocycles. The fourth-order valence-corrected chi connectivity index (χ4v) is 3.15. The number of halogens is 4. The zero-order chi connectivity index (χ0) is 22.9. The number of anilines is 3. The minimum absolute atomic E-state index is 0.130. The maximum absolute atomic E-state index is 13.2. The van der Waals surface area contributed by atoms with Gasteiger partial charge >= 0.3 is 6.18 Å². The Balaban J connectivity index is 1.69. The summed E-state index contributed by atoms with van der Waals surface area (Å²) in [6.45, 7) is 1.83. The Hall–Kier alpha value is -3.95. The summed E-state index contributed by atoms with van der Waals surface area (Å²) in [6, 6.07) is 11.6. The number of hydrogen-bond acceptors (Lipinski definition) is 5. The Morgan fingerprint density at radius 3 is 2.31 bits per heavy atom. The molecule has 4 rings (SSSR count). The van der Waals surface area contributed by atoms with E-state index in [2.05, 4.69) is 25.6 Å². The van der Waals surface area contributed by atoms with Crippen LogP contribution in [0.15, 0.2) is 65.6 Å². The van der Waals surface area contributed by atoms with Gasteiger partial charge in [-0.05, 0) is 55.0 Å². The van der Waals surface area contributed by atoms with Gasteiger partial charge < -0.3 is 15.6 Å². The molecule has 3 N–H and O–H groups in total. The number of alkyl halides is 3. The van der Waals surface area contributed by atoms with E-state index < -0.39 is 17.3 Å². The van der Waals surface area contributed by atoms with Crippen LogP contribution in [0.4, 0.5) is 35.0 Å². The molecule has 2 aromatic carbocycles. The first-order chi connectivity index (χ1) is 15.2. The van der Waals surface area contributed by atoms with E-state index >= 15 is 0 Å². The van der Waals surface area contributed by atoms with Crippen molar-refractivity contribution < 1.29 is 17.6 Å². The van der Waals surface area contributed by atoms with Crippen molar-refractivity contribution >= 4 is 28.4 Å². The summed E-state index contributed by atoms with van der Waals surface area (Å²) in [7, 11) is 0. The van der Waals surface area contributed by atoms with E-state index in [-0.39, 0.29) is 29.0 Å². The normalized spacial score (nSPS) is 12.5. The molecule has 0 radical (unpaired) electrons. The smallest absolute Gasteiger partial charge is 0.348 e. The molecular formula is C22H17F4N5O. The lowest BCUT2D eigenvalue weighted by Crippen LogP contribution is -2.14. The van der Waals surface area contributed by atoms with E-state index in [9.17, 15) is 22.4 Å². The van der Waals surface area contributed by atoms with Gasteiger partial charge in [0.15, 0.2) is 0 Å². The Morgan fingerprint density at radius 2 is 1.66 bits per heavy atom. The molecule has 0 amide bonds. The van der Waals surface area contributed by atoms with E-state index in [0.717, 1.165) is 17.7 Å². The first-order valence-electron chi connectivity index (χ1n) is 9.56. The molecule has 32 heavy (non-hydrogen) atoms. The summed E-state index contributed by atoms with van der Waals surface area (Å²) >= 11 is 0. The molecule has 0 saturated heterocycles. The summed E-state index contributed by atoms with van der Waals surface area (Å²) in [5, 5.41) is 6.16. The van der Waals surface area contributed by atoms with Crippen LogP contribution >= 0.6 is 0 Å². The summed E-state index contributed by atoms with van der Waals surface area (Å²) in [4.78, 5) is 23.6. The number of aromatic amines is 1. The predicted molar refractivity (Wildman–Crippen MR) is 113 cm³/mol. The summed E-state index contributed by atoms with van der Waals surface area (Å²) in [5.41, 5.74) is 0.211. The number of H-pyrrole nitrogens is 1. The van der Waals surface area contributed by atoms with Gasteiger partial charge in [0.05, 0.1) is 17.1 Å². The molecule has 0 bridgehead atoms. The van der Waals surface area contributed by atoms with Gasteiger partial charge in [0.2, 0.25) is 5.95 Å². The SMILES string of the molecule is C[C@H](Nc1nc(Nc2ccc(C(F)(F)F)cc2)c2c(=O)[nH]ccc2n1)c1ccc(F)cc1. The first-order valence-corrected chi connectivity index (χ1v) is 9.56. The van der Waals surface area contributed by atoms with Crippen LogP contribution in [0.2, 0.25) is 0 Å². The van der Waals surface area contributed by atoms with Gasteiger partial charge in [0, 0.05) is 11.9 Å². The molecule has 6 nitrogen and oxygen atoms in total. The van der Waals surface area contributed by atoms with Gasteiger partial charge in [-0.1, -0.05) is 12.1 Å². The Labute approximate surface area is 179 Å². The number of hydrogen-bond donors (Lipinski definition) is 3. The van der Waals surface area contributed by atoms with Crippen molar-refractivity contribution in [3.8, 4) is 0 Å². The van der Waals surface area contributed by atoms with Crippen molar-refractivity contribution in [1.29, 1.82) is 0 Å². The van der Waals surface area contributed by atoms with Crippen molar-refractivity contribution in [1.82, 2.24) is 15.0 Å². The Morgan fingerprint density at radius 1 is 0.969 bits per heavy atom. The van der Waals surface area contributed by atoms with E-state index in [1.54, 1.807) is 18.2 Å². The van der Waals surface area contributed by atoms with Crippen LogP contribution in [0.25, 0.3) is 10.9 Å². The van der Waals surface area contributed by atoms with E-state index in [1.807, 2.05) is 6.92 Å². The zero-order valence-electron chi connectivity index (χ0n) is 16.7. The number of rotatable bonds is 5. The summed E-state index contributed by atoms with van der Waals surface area (Å²) < 4.78 is 51.7. The third kappa shape index (κ3) is 4.53. The van der Waals surface area contributed by atoms with Crippen LogP contribution in [0.1, 0.15) is 24.1 Å². The molecule has 0 spiro atoms. The first kappa shape index (κ1) is 21.3. The van der Waals surface area contributed by atoms with Gasteiger partial charge in [-0.15, -0.1) is 0 Å². The van der Waals surface area contributed by atoms with Crippen molar-refractivity contribution in [3.05, 3.63) is 88.1 Å². The largest absolute Gasteiger partial charge is 0.416 e. The molecule has 10 heteroatoms. The molecular weight excluding hydrogens is 426 g/mol. The highest BCUT2D eigenvalue weighted by atomic mass is 19.4. The van der Waals surface area contributed by atoms with Crippen molar-refractivity contribution in [2.24, 2.45) is 0 Å². The van der Waals surface area contributed by atoms with Gasteiger partial charge in [0.25, 0.3) is 5.56 Å². The molecule has 0 unspecified atom stereocenters. The summed E-state index contributed by atoms with van der Waals surface area (Å²) in [5.74, 6) is -0.0371. The minimum atomic E-state index is -4.45. The molecule has 0 aliphatic rings. The number of nitrogens with one attached hydrogen (secondary N) is 3. The molecule has 0 aliphatic carbocycles. The van der Waals surface area contributed by atoms with Crippen LogP contribution in [-0.2, 0) is 6.18 Å². The molecule has 164 valence electrons. The van der Waals surface area contributed by atoms with Crippen molar-refractivity contribution in [2.45, 2.75) is 19.1 Å². The monoisotopic (exact) mass is 443 g/mol. The second-order valence-electron chi connectivity index (χ2n) is 7.08. The average Bonchev–Trinajstić information content (AvgIpc) is 2.74. The number of nitrogens with zero attached hydrogens (tertiary/aromatic N) is 2. The maximum atomic E-state index is 13.2. The standard InChI is InChI=1S/C22H17F4N5O/c1-12(13-2-6-15(23)7-3-13)28-21-30-17-10-11-27-20(32)18(17)19(31-21)29-16-8-4-14(5-9-16)22(24,25)26/h2-12H,1H3,(H,27,32)(H2,28,29,30,31)/t12-/m0/s1. The molecule has 1 atom stereocenters. The lowest BCUT2D eigenvalue weighted by molar-refractivity contribution is -0.137. The fraction of sp³-hybridized carbons (Fsp3) is 0.136. The van der Waals surface area contributed by atoms with Crippen LogP contribution in [0, 0.1) is 5.82 Å². The third-order valence-corrected chi connectivity index (χ3v) is 4.81. The van der Waals surface area contributed by atoms with Gasteiger partial charge in [-0.2, -0.15) is 18.2 Å². The second kappa shape index (κ2) is 8.29. The average molecular weight is 443 g/mol. The Kier molecular flexibility index (Phi) is 5.52. The van der Waals surface area contributed by atoms with E-state index in [1.165, 1.54) is 30.5 Å². The highest BCUT2D eigenvalue weighted by molar-refractivity contribution is 5.90. The molecule has 0 aliphatic heterocycles. The summed E-state index contributed by atoms with van der Waals surface area (Å²) in [6.07, 6.45) is -3.02. The van der Waals surface area contributed by atoms with Gasteiger partial charge in [-0.25, -0.2) is 9.37 Å². The zero-order valence-corrected chi connectivity index (χ0v) is 16.7.